The Labute approximate surface area is 255 Å². The van der Waals surface area contributed by atoms with Crippen LogP contribution in [0, 0.1) is 0 Å². The van der Waals surface area contributed by atoms with E-state index >= 15 is 0 Å². The van der Waals surface area contributed by atoms with E-state index in [1.807, 2.05) is 36.4 Å². The van der Waals surface area contributed by atoms with Crippen LogP contribution >= 0.6 is 47.2 Å². The summed E-state index contributed by atoms with van der Waals surface area (Å²) in [7, 11) is 0. The van der Waals surface area contributed by atoms with Gasteiger partial charge in [-0.15, -0.1) is 0 Å². The highest BCUT2D eigenvalue weighted by molar-refractivity contribution is 8.26. The van der Waals surface area contributed by atoms with Gasteiger partial charge in [-0.1, -0.05) is 59.3 Å². The number of carbonyl (C=O) groups excluding carboxylic acids is 1. The fourth-order valence-electron chi connectivity index (χ4n) is 4.90. The Hall–Kier alpha value is -1.69. The van der Waals surface area contributed by atoms with Gasteiger partial charge in [-0.05, 0) is 42.3 Å². The molecule has 0 aromatic heterocycles. The van der Waals surface area contributed by atoms with Gasteiger partial charge in [0.2, 0.25) is 0 Å². The maximum Gasteiger partial charge on any atom is 0.266 e. The van der Waals surface area contributed by atoms with E-state index in [0.717, 1.165) is 88.8 Å². The fraction of sp³-hybridized carbons (Fsp3) is 0.448. The highest BCUT2D eigenvalue weighted by atomic mass is 35.5. The van der Waals surface area contributed by atoms with Crippen LogP contribution in [-0.4, -0.2) is 104 Å². The number of morpholine rings is 2. The Balaban J connectivity index is 1.33. The summed E-state index contributed by atoms with van der Waals surface area (Å²) in [6.07, 6.45) is 2.75. The molecular weight excluding hydrogens is 589 g/mol. The molecule has 40 heavy (non-hydrogen) atoms. The summed E-state index contributed by atoms with van der Waals surface area (Å²) < 4.78 is 17.7. The molecule has 2 aromatic carbocycles. The van der Waals surface area contributed by atoms with E-state index in [4.69, 9.17) is 49.6 Å². The van der Waals surface area contributed by atoms with Crippen molar-refractivity contribution >= 4 is 63.5 Å². The zero-order valence-corrected chi connectivity index (χ0v) is 25.4. The summed E-state index contributed by atoms with van der Waals surface area (Å²) in [5.41, 5.74) is 2.57. The second kappa shape index (κ2) is 14.5. The van der Waals surface area contributed by atoms with E-state index in [0.29, 0.717) is 38.2 Å². The zero-order chi connectivity index (χ0) is 27.9. The first-order chi connectivity index (χ1) is 19.5. The summed E-state index contributed by atoms with van der Waals surface area (Å²) >= 11 is 19.6. The minimum absolute atomic E-state index is 0.0637. The van der Waals surface area contributed by atoms with Crippen LogP contribution in [0.4, 0.5) is 0 Å². The average molecular weight is 623 g/mol. The van der Waals surface area contributed by atoms with Gasteiger partial charge < -0.3 is 14.2 Å². The number of hydrogen-bond donors (Lipinski definition) is 0. The van der Waals surface area contributed by atoms with E-state index in [1.54, 1.807) is 11.0 Å². The van der Waals surface area contributed by atoms with Gasteiger partial charge in [0.15, 0.2) is 0 Å². The molecule has 0 aliphatic carbocycles. The molecule has 2 aromatic rings. The second-order valence-corrected chi connectivity index (χ2v) is 12.3. The van der Waals surface area contributed by atoms with Gasteiger partial charge >= 0.3 is 0 Å². The van der Waals surface area contributed by atoms with Crippen molar-refractivity contribution in [2.75, 3.05) is 78.8 Å². The van der Waals surface area contributed by atoms with Crippen molar-refractivity contribution in [2.45, 2.75) is 6.42 Å². The summed E-state index contributed by atoms with van der Waals surface area (Å²) in [5, 5.41) is 1.14. The van der Waals surface area contributed by atoms with E-state index in [-0.39, 0.29) is 5.91 Å². The number of rotatable bonds is 10. The second-order valence-electron chi connectivity index (χ2n) is 9.82. The smallest absolute Gasteiger partial charge is 0.266 e. The first kappa shape index (κ1) is 29.8. The Morgan fingerprint density at radius 3 is 2.33 bits per heavy atom. The van der Waals surface area contributed by atoms with E-state index in [1.165, 1.54) is 11.8 Å². The minimum atomic E-state index is -0.0637. The molecular formula is C29H33Cl2N3O4S2. The molecule has 0 unspecified atom stereocenters. The van der Waals surface area contributed by atoms with Crippen molar-refractivity contribution in [2.24, 2.45) is 0 Å². The number of nitrogens with zero attached hydrogens (tertiary/aromatic N) is 3. The molecule has 0 spiro atoms. The van der Waals surface area contributed by atoms with Gasteiger partial charge in [0.25, 0.3) is 5.91 Å². The summed E-state index contributed by atoms with van der Waals surface area (Å²) in [4.78, 5) is 20.4. The lowest BCUT2D eigenvalue weighted by Crippen LogP contribution is -2.38. The molecule has 0 N–H and O–H groups in total. The average Bonchev–Trinajstić information content (AvgIpc) is 3.22. The largest absolute Gasteiger partial charge is 0.492 e. The fourth-order valence-corrected chi connectivity index (χ4v) is 6.72. The van der Waals surface area contributed by atoms with Crippen LogP contribution in [0.1, 0.15) is 12.0 Å². The predicted molar refractivity (Wildman–Crippen MR) is 166 cm³/mol. The van der Waals surface area contributed by atoms with Crippen molar-refractivity contribution in [3.8, 4) is 16.9 Å². The molecule has 3 heterocycles. The van der Waals surface area contributed by atoms with Crippen molar-refractivity contribution in [3.05, 3.63) is 56.9 Å². The number of carbonyl (C=O) groups is 1. The quantitative estimate of drug-likeness (QED) is 0.262. The Morgan fingerprint density at radius 1 is 0.925 bits per heavy atom. The van der Waals surface area contributed by atoms with Gasteiger partial charge in [0.1, 0.15) is 16.7 Å². The summed E-state index contributed by atoms with van der Waals surface area (Å²) in [6, 6.07) is 11.4. The van der Waals surface area contributed by atoms with Gasteiger partial charge in [-0.3, -0.25) is 19.5 Å². The van der Waals surface area contributed by atoms with Crippen molar-refractivity contribution in [1.82, 2.24) is 14.7 Å². The van der Waals surface area contributed by atoms with Gasteiger partial charge in [-0.25, -0.2) is 0 Å². The lowest BCUT2D eigenvalue weighted by atomic mass is 10.0. The molecule has 1 amide bonds. The lowest BCUT2D eigenvalue weighted by Gasteiger charge is -2.27. The van der Waals surface area contributed by atoms with Crippen LogP contribution in [0.15, 0.2) is 41.3 Å². The molecule has 3 saturated heterocycles. The normalized spacial score (nSPS) is 20.1. The monoisotopic (exact) mass is 621 g/mol. The van der Waals surface area contributed by atoms with Gasteiger partial charge in [0.05, 0.1) is 31.3 Å². The van der Waals surface area contributed by atoms with Crippen LogP contribution in [0.3, 0.4) is 0 Å². The third-order valence-corrected chi connectivity index (χ3v) is 9.07. The van der Waals surface area contributed by atoms with Crippen LogP contribution in [0.5, 0.6) is 5.75 Å². The SMILES string of the molecule is O=C1C(=Cc2cc(-c3ccc(Cl)cc3Cl)ccc2OCCN2CCOCC2)SC(=S)N1CCCN1CCOCC1. The number of benzene rings is 2. The van der Waals surface area contributed by atoms with Gasteiger partial charge in [0, 0.05) is 67.0 Å². The molecule has 0 saturated carbocycles. The molecule has 7 nitrogen and oxygen atoms in total. The van der Waals surface area contributed by atoms with Crippen molar-refractivity contribution in [3.63, 3.8) is 0 Å². The zero-order valence-electron chi connectivity index (χ0n) is 22.3. The topological polar surface area (TPSA) is 54.5 Å². The van der Waals surface area contributed by atoms with Crippen LogP contribution < -0.4 is 4.74 Å². The molecule has 0 bridgehead atoms. The highest BCUT2D eigenvalue weighted by Crippen LogP contribution is 2.37. The van der Waals surface area contributed by atoms with Crippen LogP contribution in [-0.2, 0) is 14.3 Å². The maximum atomic E-state index is 13.4. The molecule has 0 radical (unpaired) electrons. The lowest BCUT2D eigenvalue weighted by molar-refractivity contribution is -0.122. The Kier molecular flexibility index (Phi) is 10.8. The number of thiocarbonyl (C=S) groups is 1. The molecule has 3 fully saturated rings. The number of amides is 1. The van der Waals surface area contributed by atoms with Crippen molar-refractivity contribution in [1.29, 1.82) is 0 Å². The summed E-state index contributed by atoms with van der Waals surface area (Å²) in [5.74, 6) is 0.644. The first-order valence-electron chi connectivity index (χ1n) is 13.6. The molecule has 214 valence electrons. The third kappa shape index (κ3) is 7.77. The van der Waals surface area contributed by atoms with Crippen LogP contribution in [0.25, 0.3) is 17.2 Å². The standard InChI is InChI=1S/C29H33Cl2N3O4S2/c30-23-3-4-24(25(31)20-23)21-2-5-26(38-17-12-33-10-15-37-16-11-33)22(18-21)19-27-28(35)34(29(39)40-27)7-1-6-32-8-13-36-14-9-32/h2-5,18-20H,1,6-17H2. The van der Waals surface area contributed by atoms with E-state index < -0.39 is 0 Å². The Bertz CT molecular complexity index is 1250. The van der Waals surface area contributed by atoms with Crippen LogP contribution in [0.2, 0.25) is 10.0 Å². The maximum absolute atomic E-state index is 13.4. The molecule has 11 heteroatoms. The number of thioether (sulfide) groups is 1. The molecule has 5 rings (SSSR count). The Morgan fingerprint density at radius 2 is 1.62 bits per heavy atom. The molecule has 0 atom stereocenters. The highest BCUT2D eigenvalue weighted by Gasteiger charge is 2.32. The third-order valence-electron chi connectivity index (χ3n) is 7.14. The molecule has 3 aliphatic heterocycles. The first-order valence-corrected chi connectivity index (χ1v) is 15.5. The number of halogens is 2. The van der Waals surface area contributed by atoms with Gasteiger partial charge in [-0.2, -0.15) is 0 Å². The predicted octanol–water partition coefficient (Wildman–Crippen LogP) is 5.29. The van der Waals surface area contributed by atoms with E-state index in [9.17, 15) is 4.79 Å². The van der Waals surface area contributed by atoms with Crippen molar-refractivity contribution < 1.29 is 19.0 Å². The van der Waals surface area contributed by atoms with E-state index in [2.05, 4.69) is 9.80 Å². The molecule has 3 aliphatic rings. The summed E-state index contributed by atoms with van der Waals surface area (Å²) in [6.45, 7) is 9.54. The number of ether oxygens (including phenoxy) is 3. The number of hydrogen-bond acceptors (Lipinski definition) is 8. The minimum Gasteiger partial charge on any atom is -0.492 e.